The molecule has 8 heteroatoms. The van der Waals surface area contributed by atoms with Crippen molar-refractivity contribution in [3.63, 3.8) is 0 Å². The monoisotopic (exact) mass is 388 g/mol. The van der Waals surface area contributed by atoms with E-state index in [1.54, 1.807) is 6.07 Å². The predicted molar refractivity (Wildman–Crippen MR) is 99.0 cm³/mol. The zero-order valence-electron chi connectivity index (χ0n) is 15.4. The van der Waals surface area contributed by atoms with Crippen LogP contribution in [0.5, 0.6) is 5.75 Å². The van der Waals surface area contributed by atoms with Crippen molar-refractivity contribution in [3.8, 4) is 5.75 Å². The number of hydrogen-bond donors (Lipinski definition) is 1. The van der Waals surface area contributed by atoms with Crippen LogP contribution < -0.4 is 15.7 Å². The molecule has 148 valence electrons. The first-order valence-corrected chi connectivity index (χ1v) is 8.87. The number of alkyl halides is 1. The van der Waals surface area contributed by atoms with E-state index in [1.165, 1.54) is 23.1 Å². The lowest BCUT2D eigenvalue weighted by atomic mass is 10.0. The van der Waals surface area contributed by atoms with Crippen molar-refractivity contribution in [2.75, 3.05) is 26.4 Å². The zero-order chi connectivity index (χ0) is 20.1. The number of amides is 2. The van der Waals surface area contributed by atoms with E-state index in [4.69, 9.17) is 9.15 Å². The van der Waals surface area contributed by atoms with Crippen molar-refractivity contribution in [1.82, 2.24) is 10.2 Å². The number of aryl methyl sites for hydroxylation is 1. The Morgan fingerprint density at radius 3 is 2.79 bits per heavy atom. The Bertz CT molecular complexity index is 929. The highest BCUT2D eigenvalue weighted by Gasteiger charge is 2.42. The van der Waals surface area contributed by atoms with E-state index in [0.29, 0.717) is 12.3 Å². The third kappa shape index (κ3) is 4.57. The molecule has 0 bridgehead atoms. The Balaban J connectivity index is 1.60. The molecule has 2 amide bonds. The highest BCUT2D eigenvalue weighted by atomic mass is 19.1. The number of hydrogen-bond acceptors (Lipinski definition) is 5. The number of benzene rings is 1. The summed E-state index contributed by atoms with van der Waals surface area (Å²) in [5.41, 5.74) is -0.874. The maximum absolute atomic E-state index is 13.8. The third-order valence-electron chi connectivity index (χ3n) is 4.61. The third-order valence-corrected chi connectivity index (χ3v) is 4.61. The molecule has 0 aliphatic carbocycles. The Kier molecular flexibility index (Phi) is 5.77. The molecule has 0 radical (unpaired) electrons. The normalized spacial score (nSPS) is 18.7. The molecular formula is C20H21FN2O5. The molecule has 28 heavy (non-hydrogen) atoms. The molecule has 0 saturated carbocycles. The van der Waals surface area contributed by atoms with Gasteiger partial charge in [-0.1, -0.05) is 18.2 Å². The van der Waals surface area contributed by atoms with E-state index in [9.17, 15) is 18.8 Å². The summed E-state index contributed by atoms with van der Waals surface area (Å²) < 4.78 is 24.1. The Morgan fingerprint density at radius 2 is 2.07 bits per heavy atom. The number of ether oxygens (including phenoxy) is 1. The minimum Gasteiger partial charge on any atom is -0.484 e. The van der Waals surface area contributed by atoms with E-state index in [-0.39, 0.29) is 31.2 Å². The van der Waals surface area contributed by atoms with Crippen molar-refractivity contribution < 1.29 is 23.1 Å². The van der Waals surface area contributed by atoms with Gasteiger partial charge in [0.15, 0.2) is 12.4 Å². The summed E-state index contributed by atoms with van der Waals surface area (Å²) in [6.45, 7) is 1.20. The highest BCUT2D eigenvalue weighted by molar-refractivity contribution is 5.92. The molecule has 1 N–H and O–H groups in total. The fraction of sp³-hybridized carbons (Fsp3) is 0.350. The molecular weight excluding hydrogens is 367 g/mol. The van der Waals surface area contributed by atoms with Gasteiger partial charge in [0, 0.05) is 19.2 Å². The average molecular weight is 388 g/mol. The fourth-order valence-electron chi connectivity index (χ4n) is 3.09. The molecule has 1 aliphatic rings. The van der Waals surface area contributed by atoms with Crippen LogP contribution in [0, 0.1) is 6.92 Å². The van der Waals surface area contributed by atoms with Crippen LogP contribution in [0.25, 0.3) is 0 Å². The van der Waals surface area contributed by atoms with Gasteiger partial charge in [0.05, 0.1) is 5.54 Å². The van der Waals surface area contributed by atoms with Crippen LogP contribution in [0.1, 0.15) is 22.5 Å². The number of carbonyl (C=O) groups is 2. The molecule has 1 fully saturated rings. The molecule has 2 heterocycles. The zero-order valence-corrected chi connectivity index (χ0v) is 15.4. The molecule has 1 aromatic heterocycles. The molecule has 1 saturated heterocycles. The molecule has 1 unspecified atom stereocenters. The number of nitrogens with zero attached hydrogens (tertiary/aromatic N) is 1. The summed E-state index contributed by atoms with van der Waals surface area (Å²) in [7, 11) is 0. The summed E-state index contributed by atoms with van der Waals surface area (Å²) in [4.78, 5) is 37.4. The lowest BCUT2D eigenvalue weighted by Gasteiger charge is -2.27. The largest absolute Gasteiger partial charge is 0.484 e. The van der Waals surface area contributed by atoms with Gasteiger partial charge in [-0.2, -0.15) is 0 Å². The SMILES string of the molecule is Cc1cccc(OCC(=O)N2CCC(CF)(NC(=O)c3cccc(=O)o3)C2)c1. The average Bonchev–Trinajstić information content (AvgIpc) is 3.11. The van der Waals surface area contributed by atoms with Crippen LogP contribution in [0.15, 0.2) is 51.7 Å². The van der Waals surface area contributed by atoms with Crippen molar-refractivity contribution in [2.45, 2.75) is 18.9 Å². The fourth-order valence-corrected chi connectivity index (χ4v) is 3.09. The van der Waals surface area contributed by atoms with Crippen LogP contribution in [0.4, 0.5) is 4.39 Å². The van der Waals surface area contributed by atoms with Gasteiger partial charge in [0.1, 0.15) is 12.4 Å². The Hall–Kier alpha value is -3.16. The number of carbonyl (C=O) groups excluding carboxylic acids is 2. The second-order valence-corrected chi connectivity index (χ2v) is 6.85. The standard InChI is InChI=1S/C20H21FN2O5/c1-14-4-2-5-15(10-14)27-11-17(24)23-9-8-20(12-21,13-23)22-19(26)16-6-3-7-18(25)28-16/h2-7,10H,8-9,11-13H2,1H3,(H,22,26). The van der Waals surface area contributed by atoms with E-state index < -0.39 is 23.7 Å². The van der Waals surface area contributed by atoms with Gasteiger partial charge in [-0.25, -0.2) is 9.18 Å². The van der Waals surface area contributed by atoms with Crippen molar-refractivity contribution in [3.05, 3.63) is 64.2 Å². The number of likely N-dealkylation sites (tertiary alicyclic amines) is 1. The van der Waals surface area contributed by atoms with Gasteiger partial charge < -0.3 is 19.4 Å². The molecule has 1 aromatic carbocycles. The van der Waals surface area contributed by atoms with Gasteiger partial charge in [-0.05, 0) is 37.1 Å². The maximum Gasteiger partial charge on any atom is 0.336 e. The molecule has 1 aliphatic heterocycles. The first-order valence-electron chi connectivity index (χ1n) is 8.87. The number of nitrogens with one attached hydrogen (secondary N) is 1. The molecule has 0 spiro atoms. The van der Waals surface area contributed by atoms with E-state index in [0.717, 1.165) is 5.56 Å². The predicted octanol–water partition coefficient (Wildman–Crippen LogP) is 1.70. The minimum atomic E-state index is -1.22. The molecule has 2 aromatic rings. The first kappa shape index (κ1) is 19.6. The second-order valence-electron chi connectivity index (χ2n) is 6.85. The van der Waals surface area contributed by atoms with E-state index >= 15 is 0 Å². The smallest absolute Gasteiger partial charge is 0.336 e. The van der Waals surface area contributed by atoms with Crippen molar-refractivity contribution >= 4 is 11.8 Å². The van der Waals surface area contributed by atoms with Gasteiger partial charge in [0.25, 0.3) is 11.8 Å². The van der Waals surface area contributed by atoms with Crippen molar-refractivity contribution in [1.29, 1.82) is 0 Å². The van der Waals surface area contributed by atoms with Crippen LogP contribution >= 0.6 is 0 Å². The molecule has 3 rings (SSSR count). The van der Waals surface area contributed by atoms with Gasteiger partial charge in [-0.15, -0.1) is 0 Å². The summed E-state index contributed by atoms with van der Waals surface area (Å²) >= 11 is 0. The summed E-state index contributed by atoms with van der Waals surface area (Å²) in [6.07, 6.45) is 0.252. The van der Waals surface area contributed by atoms with Gasteiger partial charge in [-0.3, -0.25) is 9.59 Å². The van der Waals surface area contributed by atoms with Crippen LogP contribution in [0.3, 0.4) is 0 Å². The van der Waals surface area contributed by atoms with Crippen LogP contribution in [-0.4, -0.2) is 48.6 Å². The van der Waals surface area contributed by atoms with Gasteiger partial charge >= 0.3 is 5.63 Å². The molecule has 1 atom stereocenters. The summed E-state index contributed by atoms with van der Waals surface area (Å²) in [6, 6.07) is 11.2. The minimum absolute atomic E-state index is 0.0162. The second kappa shape index (κ2) is 8.24. The maximum atomic E-state index is 13.8. The lowest BCUT2D eigenvalue weighted by molar-refractivity contribution is -0.132. The Labute approximate surface area is 161 Å². The number of rotatable bonds is 6. The summed E-state index contributed by atoms with van der Waals surface area (Å²) in [5.74, 6) is -0.609. The highest BCUT2D eigenvalue weighted by Crippen LogP contribution is 2.23. The van der Waals surface area contributed by atoms with Crippen LogP contribution in [0.2, 0.25) is 0 Å². The summed E-state index contributed by atoms with van der Waals surface area (Å²) in [5, 5.41) is 2.57. The van der Waals surface area contributed by atoms with Gasteiger partial charge in [0.2, 0.25) is 0 Å². The quantitative estimate of drug-likeness (QED) is 0.814. The van der Waals surface area contributed by atoms with Crippen molar-refractivity contribution in [2.24, 2.45) is 0 Å². The van der Waals surface area contributed by atoms with E-state index in [2.05, 4.69) is 5.32 Å². The molecule has 7 nitrogen and oxygen atoms in total. The lowest BCUT2D eigenvalue weighted by Crippen LogP contribution is -2.53. The first-order chi connectivity index (χ1) is 13.4. The number of halogens is 1. The topological polar surface area (TPSA) is 88.9 Å². The Morgan fingerprint density at radius 1 is 1.29 bits per heavy atom. The van der Waals surface area contributed by atoms with Crippen LogP contribution in [-0.2, 0) is 4.79 Å². The van der Waals surface area contributed by atoms with E-state index in [1.807, 2.05) is 25.1 Å².